The minimum Gasteiger partial charge on any atom is -0.467 e. The first-order valence-corrected chi connectivity index (χ1v) is 6.74. The van der Waals surface area contributed by atoms with Crippen molar-refractivity contribution in [1.82, 2.24) is 5.32 Å². The zero-order valence-corrected chi connectivity index (χ0v) is 12.2. The van der Waals surface area contributed by atoms with E-state index in [1.807, 2.05) is 13.8 Å². The van der Waals surface area contributed by atoms with Crippen LogP contribution in [0.15, 0.2) is 41.0 Å². The second kappa shape index (κ2) is 6.10. The molecule has 2 aromatic rings. The lowest BCUT2D eigenvalue weighted by Gasteiger charge is -2.25. The summed E-state index contributed by atoms with van der Waals surface area (Å²) in [5.41, 5.74) is 6.54. The van der Waals surface area contributed by atoms with Crippen LogP contribution in [0.4, 0.5) is 4.39 Å². The Kier molecular flexibility index (Phi) is 4.43. The maximum atomic E-state index is 13.0. The highest BCUT2D eigenvalue weighted by molar-refractivity contribution is 5.94. The van der Waals surface area contributed by atoms with E-state index in [1.54, 1.807) is 18.2 Å². The number of amides is 1. The molecular weight excluding hydrogens is 271 g/mol. The van der Waals surface area contributed by atoms with Crippen molar-refractivity contribution < 1.29 is 13.6 Å². The molecule has 1 aromatic carbocycles. The minimum absolute atomic E-state index is 0.214. The highest BCUT2D eigenvalue weighted by Crippen LogP contribution is 2.22. The molecule has 5 heteroatoms. The summed E-state index contributed by atoms with van der Waals surface area (Å²) in [7, 11) is 0. The van der Waals surface area contributed by atoms with Crippen LogP contribution in [0.25, 0.3) is 0 Å². The molecule has 0 aliphatic heterocycles. The highest BCUT2D eigenvalue weighted by Gasteiger charge is 2.22. The number of nitrogens with two attached hydrogens (primary N) is 1. The van der Waals surface area contributed by atoms with Gasteiger partial charge >= 0.3 is 0 Å². The van der Waals surface area contributed by atoms with Crippen molar-refractivity contribution in [3.63, 3.8) is 0 Å². The van der Waals surface area contributed by atoms with Gasteiger partial charge in [-0.25, -0.2) is 4.39 Å². The van der Waals surface area contributed by atoms with Gasteiger partial charge in [0.2, 0.25) is 0 Å². The fourth-order valence-corrected chi connectivity index (χ4v) is 2.01. The summed E-state index contributed by atoms with van der Waals surface area (Å²) in [5.74, 6) is 0.0814. The monoisotopic (exact) mass is 290 g/mol. The predicted molar refractivity (Wildman–Crippen MR) is 78.4 cm³/mol. The molecule has 1 amide bonds. The molecule has 0 spiro atoms. The molecule has 0 aliphatic rings. The maximum absolute atomic E-state index is 13.0. The molecule has 0 unspecified atom stereocenters. The van der Waals surface area contributed by atoms with E-state index < -0.39 is 0 Å². The van der Waals surface area contributed by atoms with Gasteiger partial charge in [-0.15, -0.1) is 0 Å². The SMILES string of the molecule is CC(C)(CNC(=O)c1coc(CN)c1)c1ccc(F)cc1. The summed E-state index contributed by atoms with van der Waals surface area (Å²) in [5, 5.41) is 2.86. The van der Waals surface area contributed by atoms with Crippen LogP contribution in [0.3, 0.4) is 0 Å². The van der Waals surface area contributed by atoms with E-state index in [1.165, 1.54) is 18.4 Å². The van der Waals surface area contributed by atoms with Crippen LogP contribution >= 0.6 is 0 Å². The Labute approximate surface area is 123 Å². The predicted octanol–water partition coefficient (Wildman–Crippen LogP) is 2.59. The topological polar surface area (TPSA) is 68.3 Å². The summed E-state index contributed by atoms with van der Waals surface area (Å²) >= 11 is 0. The fourth-order valence-electron chi connectivity index (χ4n) is 2.01. The Bertz CT molecular complexity index is 617. The van der Waals surface area contributed by atoms with Crippen molar-refractivity contribution in [2.45, 2.75) is 25.8 Å². The van der Waals surface area contributed by atoms with Crippen molar-refractivity contribution in [3.05, 3.63) is 59.3 Å². The molecule has 0 radical (unpaired) electrons. The van der Waals surface area contributed by atoms with Gasteiger partial charge in [0.1, 0.15) is 17.8 Å². The number of carbonyl (C=O) groups is 1. The maximum Gasteiger partial charge on any atom is 0.254 e. The Morgan fingerprint density at radius 1 is 1.33 bits per heavy atom. The molecule has 1 heterocycles. The van der Waals surface area contributed by atoms with Crippen LogP contribution < -0.4 is 11.1 Å². The third-order valence-electron chi connectivity index (χ3n) is 3.43. The molecular formula is C16H19FN2O2. The average Bonchev–Trinajstić information content (AvgIpc) is 2.94. The molecule has 0 bridgehead atoms. The Hall–Kier alpha value is -2.14. The Morgan fingerprint density at radius 3 is 2.57 bits per heavy atom. The normalized spacial score (nSPS) is 11.4. The van der Waals surface area contributed by atoms with Gasteiger partial charge in [-0.3, -0.25) is 4.79 Å². The number of nitrogens with one attached hydrogen (secondary N) is 1. The lowest BCUT2D eigenvalue weighted by Crippen LogP contribution is -2.36. The Balaban J connectivity index is 2.00. The van der Waals surface area contributed by atoms with E-state index in [-0.39, 0.29) is 23.7 Å². The van der Waals surface area contributed by atoms with Gasteiger partial charge in [0.15, 0.2) is 0 Å². The van der Waals surface area contributed by atoms with Crippen LogP contribution in [0.1, 0.15) is 35.5 Å². The van der Waals surface area contributed by atoms with Crippen molar-refractivity contribution in [3.8, 4) is 0 Å². The smallest absolute Gasteiger partial charge is 0.254 e. The largest absolute Gasteiger partial charge is 0.467 e. The van der Waals surface area contributed by atoms with E-state index in [9.17, 15) is 9.18 Å². The van der Waals surface area contributed by atoms with Gasteiger partial charge in [0.05, 0.1) is 12.1 Å². The minimum atomic E-state index is -0.302. The van der Waals surface area contributed by atoms with Crippen LogP contribution in [-0.2, 0) is 12.0 Å². The molecule has 0 fully saturated rings. The standard InChI is InChI=1S/C16H19FN2O2/c1-16(2,12-3-5-13(17)6-4-12)10-19-15(20)11-7-14(8-18)21-9-11/h3-7,9H,8,10,18H2,1-2H3,(H,19,20). The van der Waals surface area contributed by atoms with E-state index in [0.717, 1.165) is 5.56 Å². The van der Waals surface area contributed by atoms with Crippen molar-refractivity contribution in [2.24, 2.45) is 5.73 Å². The summed E-state index contributed by atoms with van der Waals surface area (Å²) in [6.07, 6.45) is 1.39. The van der Waals surface area contributed by atoms with Crippen LogP contribution in [0.2, 0.25) is 0 Å². The van der Waals surface area contributed by atoms with E-state index in [4.69, 9.17) is 10.2 Å². The van der Waals surface area contributed by atoms with E-state index >= 15 is 0 Å². The molecule has 3 N–H and O–H groups in total. The van der Waals surface area contributed by atoms with Crippen molar-refractivity contribution in [2.75, 3.05) is 6.54 Å². The van der Waals surface area contributed by atoms with Gasteiger partial charge in [-0.05, 0) is 23.8 Å². The number of hydrogen-bond acceptors (Lipinski definition) is 3. The van der Waals surface area contributed by atoms with E-state index in [2.05, 4.69) is 5.32 Å². The lowest BCUT2D eigenvalue weighted by atomic mass is 9.84. The summed E-state index contributed by atoms with van der Waals surface area (Å²) < 4.78 is 18.1. The summed E-state index contributed by atoms with van der Waals surface area (Å²) in [6.45, 7) is 4.66. The molecule has 4 nitrogen and oxygen atoms in total. The molecule has 2 rings (SSSR count). The summed E-state index contributed by atoms with van der Waals surface area (Å²) in [6, 6.07) is 7.92. The third kappa shape index (κ3) is 3.70. The number of carbonyl (C=O) groups excluding carboxylic acids is 1. The lowest BCUT2D eigenvalue weighted by molar-refractivity contribution is 0.0945. The van der Waals surface area contributed by atoms with Crippen LogP contribution in [0.5, 0.6) is 0 Å². The molecule has 0 saturated heterocycles. The first kappa shape index (κ1) is 15.3. The number of furan rings is 1. The first-order valence-electron chi connectivity index (χ1n) is 6.74. The fraction of sp³-hybridized carbons (Fsp3) is 0.312. The van der Waals surface area contributed by atoms with E-state index in [0.29, 0.717) is 17.9 Å². The van der Waals surface area contributed by atoms with Gasteiger partial charge in [0, 0.05) is 12.0 Å². The zero-order chi connectivity index (χ0) is 15.5. The van der Waals surface area contributed by atoms with Crippen LogP contribution in [-0.4, -0.2) is 12.5 Å². The third-order valence-corrected chi connectivity index (χ3v) is 3.43. The Morgan fingerprint density at radius 2 is 2.00 bits per heavy atom. The number of rotatable bonds is 5. The zero-order valence-electron chi connectivity index (χ0n) is 12.2. The molecule has 0 saturated carbocycles. The molecule has 1 aromatic heterocycles. The van der Waals surface area contributed by atoms with Crippen molar-refractivity contribution in [1.29, 1.82) is 0 Å². The number of benzene rings is 1. The van der Waals surface area contributed by atoms with Gasteiger partial charge < -0.3 is 15.5 Å². The number of hydrogen-bond donors (Lipinski definition) is 2. The number of halogens is 1. The second-order valence-corrected chi connectivity index (χ2v) is 5.58. The van der Waals surface area contributed by atoms with Gasteiger partial charge in [0.25, 0.3) is 5.91 Å². The van der Waals surface area contributed by atoms with Crippen LogP contribution in [0, 0.1) is 5.82 Å². The molecule has 0 aliphatic carbocycles. The first-order chi connectivity index (χ1) is 9.92. The van der Waals surface area contributed by atoms with Gasteiger partial charge in [-0.1, -0.05) is 26.0 Å². The molecule has 0 atom stereocenters. The van der Waals surface area contributed by atoms with Gasteiger partial charge in [-0.2, -0.15) is 0 Å². The molecule has 112 valence electrons. The van der Waals surface area contributed by atoms with Crippen molar-refractivity contribution >= 4 is 5.91 Å². The highest BCUT2D eigenvalue weighted by atomic mass is 19.1. The summed E-state index contributed by atoms with van der Waals surface area (Å²) in [4.78, 5) is 12.0. The molecule has 21 heavy (non-hydrogen) atoms. The average molecular weight is 290 g/mol. The quantitative estimate of drug-likeness (QED) is 0.889. The second-order valence-electron chi connectivity index (χ2n) is 5.58.